The van der Waals surface area contributed by atoms with Gasteiger partial charge in [0.1, 0.15) is 11.4 Å². The zero-order valence-corrected chi connectivity index (χ0v) is 11.6. The number of aliphatic hydroxyl groups is 1. The molecule has 20 heavy (non-hydrogen) atoms. The van der Waals surface area contributed by atoms with Crippen LogP contribution >= 0.6 is 0 Å². The first-order valence-electron chi connectivity index (χ1n) is 6.33. The maximum Gasteiger partial charge on any atom is 0.325 e. The van der Waals surface area contributed by atoms with Crippen LogP contribution < -0.4 is 4.72 Å². The number of carboxylic acid groups (broad SMARTS) is 1. The van der Waals surface area contributed by atoms with Crippen LogP contribution in [-0.4, -0.2) is 46.5 Å². The molecule has 2 rings (SSSR count). The van der Waals surface area contributed by atoms with E-state index in [0.29, 0.717) is 12.8 Å². The van der Waals surface area contributed by atoms with Crippen LogP contribution in [-0.2, 0) is 21.4 Å². The lowest BCUT2D eigenvalue weighted by Gasteiger charge is -2.27. The summed E-state index contributed by atoms with van der Waals surface area (Å²) in [5, 5.41) is 22.1. The molecular weight excluding hydrogens is 286 g/mol. The van der Waals surface area contributed by atoms with Crippen LogP contribution in [0, 0.1) is 0 Å². The SMILES string of the molecule is O=C(O)Cn1cc(S(=O)(=O)N[C@@H]2CCCC[C@H]2O)cn1. The highest BCUT2D eigenvalue weighted by Crippen LogP contribution is 2.20. The number of hydrogen-bond acceptors (Lipinski definition) is 5. The van der Waals surface area contributed by atoms with Gasteiger partial charge in [-0.25, -0.2) is 13.1 Å². The Balaban J connectivity index is 2.09. The quantitative estimate of drug-likeness (QED) is 0.677. The zero-order chi connectivity index (χ0) is 14.8. The second kappa shape index (κ2) is 5.90. The standard InChI is InChI=1S/C11H17N3O5S/c15-10-4-2-1-3-9(10)13-20(18,19)8-5-12-14(6-8)7-11(16)17/h5-6,9-10,13,15H,1-4,7H2,(H,16,17)/t9-,10-/m1/s1. The van der Waals surface area contributed by atoms with Crippen molar-refractivity contribution in [3.8, 4) is 0 Å². The first kappa shape index (κ1) is 14.9. The van der Waals surface area contributed by atoms with Gasteiger partial charge < -0.3 is 10.2 Å². The van der Waals surface area contributed by atoms with E-state index < -0.39 is 34.7 Å². The molecule has 1 aromatic heterocycles. The van der Waals surface area contributed by atoms with E-state index in [1.807, 2.05) is 0 Å². The number of hydrogen-bond donors (Lipinski definition) is 3. The van der Waals surface area contributed by atoms with Crippen molar-refractivity contribution < 1.29 is 23.4 Å². The van der Waals surface area contributed by atoms with E-state index in [1.54, 1.807) is 0 Å². The van der Waals surface area contributed by atoms with E-state index in [2.05, 4.69) is 9.82 Å². The molecule has 1 heterocycles. The summed E-state index contributed by atoms with van der Waals surface area (Å²) in [6.45, 7) is -0.401. The highest BCUT2D eigenvalue weighted by molar-refractivity contribution is 7.89. The molecule has 0 spiro atoms. The molecule has 8 nitrogen and oxygen atoms in total. The molecule has 0 unspecified atom stereocenters. The van der Waals surface area contributed by atoms with Crippen molar-refractivity contribution in [2.24, 2.45) is 0 Å². The van der Waals surface area contributed by atoms with Crippen molar-refractivity contribution >= 4 is 16.0 Å². The van der Waals surface area contributed by atoms with Crippen LogP contribution in [0.3, 0.4) is 0 Å². The molecule has 0 radical (unpaired) electrons. The summed E-state index contributed by atoms with van der Waals surface area (Å²) >= 11 is 0. The van der Waals surface area contributed by atoms with Crippen LogP contribution in [0.4, 0.5) is 0 Å². The molecule has 0 amide bonds. The monoisotopic (exact) mass is 303 g/mol. The molecule has 1 aliphatic rings. The fourth-order valence-corrected chi connectivity index (χ4v) is 3.48. The summed E-state index contributed by atoms with van der Waals surface area (Å²) in [6, 6.07) is -0.503. The summed E-state index contributed by atoms with van der Waals surface area (Å²) in [6.07, 6.45) is 4.48. The van der Waals surface area contributed by atoms with Crippen molar-refractivity contribution in [3.63, 3.8) is 0 Å². The van der Waals surface area contributed by atoms with Gasteiger partial charge in [0.05, 0.1) is 12.3 Å². The first-order valence-corrected chi connectivity index (χ1v) is 7.81. The third kappa shape index (κ3) is 3.56. The minimum absolute atomic E-state index is 0.100. The Morgan fingerprint density at radius 3 is 2.80 bits per heavy atom. The molecule has 3 N–H and O–H groups in total. The van der Waals surface area contributed by atoms with Gasteiger partial charge in [-0.3, -0.25) is 9.48 Å². The molecule has 1 aromatic rings. The molecule has 1 aliphatic carbocycles. The zero-order valence-electron chi connectivity index (χ0n) is 10.8. The Labute approximate surface area is 116 Å². The Morgan fingerprint density at radius 2 is 2.15 bits per heavy atom. The Kier molecular flexibility index (Phi) is 4.41. The summed E-state index contributed by atoms with van der Waals surface area (Å²) < 4.78 is 27.7. The predicted octanol–water partition coefficient (Wildman–Crippen LogP) is -0.451. The number of nitrogens with zero attached hydrogens (tertiary/aromatic N) is 2. The topological polar surface area (TPSA) is 122 Å². The molecule has 0 aliphatic heterocycles. The van der Waals surface area contributed by atoms with E-state index in [1.165, 1.54) is 0 Å². The fraction of sp³-hybridized carbons (Fsp3) is 0.636. The smallest absolute Gasteiger partial charge is 0.325 e. The second-order valence-corrected chi connectivity index (χ2v) is 6.56. The van der Waals surface area contributed by atoms with Gasteiger partial charge in [-0.15, -0.1) is 0 Å². The molecule has 0 bridgehead atoms. The highest BCUT2D eigenvalue weighted by Gasteiger charge is 2.28. The Hall–Kier alpha value is -1.45. The summed E-state index contributed by atoms with van der Waals surface area (Å²) in [4.78, 5) is 10.4. The number of aliphatic hydroxyl groups excluding tert-OH is 1. The van der Waals surface area contributed by atoms with Gasteiger partial charge in [-0.1, -0.05) is 12.8 Å². The number of sulfonamides is 1. The van der Waals surface area contributed by atoms with Crippen LogP contribution in [0.2, 0.25) is 0 Å². The molecule has 0 aromatic carbocycles. The van der Waals surface area contributed by atoms with E-state index in [-0.39, 0.29) is 4.90 Å². The van der Waals surface area contributed by atoms with E-state index in [9.17, 15) is 18.3 Å². The average molecular weight is 303 g/mol. The van der Waals surface area contributed by atoms with Gasteiger partial charge in [0.2, 0.25) is 10.0 Å². The molecule has 112 valence electrons. The van der Waals surface area contributed by atoms with Crippen LogP contribution in [0.15, 0.2) is 17.3 Å². The van der Waals surface area contributed by atoms with Crippen molar-refractivity contribution in [1.82, 2.24) is 14.5 Å². The van der Waals surface area contributed by atoms with E-state index in [0.717, 1.165) is 29.9 Å². The Bertz CT molecular complexity index is 583. The van der Waals surface area contributed by atoms with Crippen LogP contribution in [0.5, 0.6) is 0 Å². The van der Waals surface area contributed by atoms with Crippen LogP contribution in [0.25, 0.3) is 0 Å². The van der Waals surface area contributed by atoms with E-state index >= 15 is 0 Å². The molecule has 0 saturated heterocycles. The van der Waals surface area contributed by atoms with Gasteiger partial charge in [0, 0.05) is 12.2 Å². The normalized spacial score (nSPS) is 23.6. The number of aliphatic carboxylic acids is 1. The minimum Gasteiger partial charge on any atom is -0.480 e. The largest absolute Gasteiger partial charge is 0.480 e. The average Bonchev–Trinajstić information content (AvgIpc) is 2.80. The summed E-state index contributed by atoms with van der Waals surface area (Å²) in [7, 11) is -3.79. The fourth-order valence-electron chi connectivity index (χ4n) is 2.22. The van der Waals surface area contributed by atoms with Gasteiger partial charge in [0.15, 0.2) is 0 Å². The predicted molar refractivity (Wildman–Crippen MR) is 68.4 cm³/mol. The highest BCUT2D eigenvalue weighted by atomic mass is 32.2. The molecule has 1 fully saturated rings. The van der Waals surface area contributed by atoms with Crippen molar-refractivity contribution in [3.05, 3.63) is 12.4 Å². The lowest BCUT2D eigenvalue weighted by molar-refractivity contribution is -0.137. The Morgan fingerprint density at radius 1 is 1.45 bits per heavy atom. The third-order valence-electron chi connectivity index (χ3n) is 3.25. The maximum absolute atomic E-state index is 12.1. The lowest BCUT2D eigenvalue weighted by atomic mass is 9.93. The maximum atomic E-state index is 12.1. The molecule has 2 atom stereocenters. The van der Waals surface area contributed by atoms with Gasteiger partial charge in [-0.05, 0) is 12.8 Å². The molecule has 1 saturated carbocycles. The van der Waals surface area contributed by atoms with Crippen molar-refractivity contribution in [1.29, 1.82) is 0 Å². The van der Waals surface area contributed by atoms with E-state index in [4.69, 9.17) is 5.11 Å². The number of rotatable bonds is 5. The van der Waals surface area contributed by atoms with Gasteiger partial charge in [0.25, 0.3) is 0 Å². The van der Waals surface area contributed by atoms with Crippen molar-refractivity contribution in [2.75, 3.05) is 0 Å². The lowest BCUT2D eigenvalue weighted by Crippen LogP contribution is -2.44. The summed E-state index contributed by atoms with van der Waals surface area (Å²) in [5.74, 6) is -1.10. The number of aromatic nitrogens is 2. The number of carboxylic acids is 1. The second-order valence-electron chi connectivity index (χ2n) is 4.85. The summed E-state index contributed by atoms with van der Waals surface area (Å²) in [5.41, 5.74) is 0. The van der Waals surface area contributed by atoms with Gasteiger partial charge >= 0.3 is 5.97 Å². The molecular formula is C11H17N3O5S. The first-order chi connectivity index (χ1) is 9.38. The number of nitrogens with one attached hydrogen (secondary N) is 1. The number of carbonyl (C=O) groups is 1. The minimum atomic E-state index is -3.79. The van der Waals surface area contributed by atoms with Crippen LogP contribution in [0.1, 0.15) is 25.7 Å². The third-order valence-corrected chi connectivity index (χ3v) is 4.70. The molecule has 9 heteroatoms. The van der Waals surface area contributed by atoms with Gasteiger partial charge in [-0.2, -0.15) is 5.10 Å². The van der Waals surface area contributed by atoms with Crippen molar-refractivity contribution in [2.45, 2.75) is 49.3 Å².